The predicted octanol–water partition coefficient (Wildman–Crippen LogP) is 0.254. The summed E-state index contributed by atoms with van der Waals surface area (Å²) in [6.45, 7) is 9.32. The Bertz CT molecular complexity index is 856. The molecule has 4 rings (SSSR count). The number of quaternary nitrogens is 2. The van der Waals surface area contributed by atoms with Crippen molar-refractivity contribution in [1.29, 1.82) is 0 Å². The van der Waals surface area contributed by atoms with E-state index >= 15 is 0 Å². The Morgan fingerprint density at radius 1 is 1.10 bits per heavy atom. The zero-order valence-corrected chi connectivity index (χ0v) is 18.8. The molecular formula is C23H36N6O2+2. The van der Waals surface area contributed by atoms with Crippen LogP contribution in [0.2, 0.25) is 0 Å². The summed E-state index contributed by atoms with van der Waals surface area (Å²) in [4.78, 5) is 3.10. The number of hydrogen-bond donors (Lipinski definition) is 2. The highest BCUT2D eigenvalue weighted by molar-refractivity contribution is 5.44. The molecule has 2 fully saturated rings. The number of nitrogens with one attached hydrogen (secondary N) is 2. The number of ether oxygens (including phenoxy) is 2. The number of methoxy groups -OCH3 is 2. The van der Waals surface area contributed by atoms with Crippen LogP contribution in [0.3, 0.4) is 0 Å². The van der Waals surface area contributed by atoms with Crippen LogP contribution in [0, 0.1) is 0 Å². The third kappa shape index (κ3) is 4.75. The topological polar surface area (TPSA) is 70.9 Å². The summed E-state index contributed by atoms with van der Waals surface area (Å²) in [5.41, 5.74) is 1.17. The van der Waals surface area contributed by atoms with E-state index in [1.807, 2.05) is 12.1 Å². The van der Waals surface area contributed by atoms with Gasteiger partial charge in [-0.1, -0.05) is 25.8 Å². The highest BCUT2D eigenvalue weighted by Crippen LogP contribution is 2.33. The van der Waals surface area contributed by atoms with Crippen LogP contribution in [-0.2, 0) is 0 Å². The number of nitrogens with zero attached hydrogens (tertiary/aromatic N) is 4. The van der Waals surface area contributed by atoms with Gasteiger partial charge in [0.05, 0.1) is 26.8 Å². The summed E-state index contributed by atoms with van der Waals surface area (Å²) in [5, 5.41) is 13.2. The van der Waals surface area contributed by atoms with Crippen LogP contribution >= 0.6 is 0 Å². The second-order valence-corrected chi connectivity index (χ2v) is 8.72. The van der Waals surface area contributed by atoms with E-state index in [2.05, 4.69) is 38.9 Å². The minimum atomic E-state index is 0.0713. The summed E-state index contributed by atoms with van der Waals surface area (Å²) in [5.74, 6) is 2.46. The van der Waals surface area contributed by atoms with E-state index in [1.54, 1.807) is 19.1 Å². The Balaban J connectivity index is 1.69. The van der Waals surface area contributed by atoms with E-state index in [1.165, 1.54) is 29.7 Å². The van der Waals surface area contributed by atoms with Crippen molar-refractivity contribution in [2.45, 2.75) is 44.2 Å². The molecule has 1 aliphatic heterocycles. The predicted molar refractivity (Wildman–Crippen MR) is 118 cm³/mol. The number of hydrogen-bond acceptors (Lipinski definition) is 5. The average molecular weight is 429 g/mol. The number of aromatic nitrogens is 4. The van der Waals surface area contributed by atoms with Gasteiger partial charge in [-0.25, -0.2) is 4.68 Å². The molecule has 2 aliphatic rings. The molecule has 8 nitrogen and oxygen atoms in total. The zero-order chi connectivity index (χ0) is 21.6. The van der Waals surface area contributed by atoms with Crippen molar-refractivity contribution in [3.63, 3.8) is 0 Å². The minimum Gasteiger partial charge on any atom is -0.493 e. The molecule has 1 saturated heterocycles. The number of rotatable bonds is 8. The van der Waals surface area contributed by atoms with Crippen LogP contribution < -0.4 is 19.3 Å². The quantitative estimate of drug-likeness (QED) is 0.590. The Kier molecular flexibility index (Phi) is 7.19. The SMILES string of the molecule is C=CC[NH+]1CC[NH+]([C@H](c2ccc(OC)c(OC)c2)c2nnnn2C2CCCCC2)CC1. The molecule has 1 aromatic heterocycles. The molecule has 168 valence electrons. The molecule has 0 spiro atoms. The molecule has 0 unspecified atom stereocenters. The lowest BCUT2D eigenvalue weighted by molar-refractivity contribution is -1.02. The molecule has 2 aromatic rings. The Hall–Kier alpha value is -2.45. The van der Waals surface area contributed by atoms with Crippen LogP contribution in [0.15, 0.2) is 30.9 Å². The van der Waals surface area contributed by atoms with Gasteiger partial charge in [-0.2, -0.15) is 0 Å². The van der Waals surface area contributed by atoms with Crippen molar-refractivity contribution in [3.8, 4) is 11.5 Å². The van der Waals surface area contributed by atoms with Crippen LogP contribution in [0.4, 0.5) is 0 Å². The molecule has 1 atom stereocenters. The summed E-state index contributed by atoms with van der Waals surface area (Å²) in [6, 6.07) is 6.70. The van der Waals surface area contributed by atoms with E-state index in [4.69, 9.17) is 9.47 Å². The fourth-order valence-corrected chi connectivity index (χ4v) is 5.20. The van der Waals surface area contributed by atoms with Gasteiger partial charge in [0.2, 0.25) is 5.82 Å². The first-order valence-corrected chi connectivity index (χ1v) is 11.5. The van der Waals surface area contributed by atoms with Gasteiger partial charge in [-0.05, 0) is 47.5 Å². The maximum Gasteiger partial charge on any atom is 0.214 e. The first-order valence-electron chi connectivity index (χ1n) is 11.5. The molecule has 2 heterocycles. The molecule has 0 radical (unpaired) electrons. The third-order valence-corrected chi connectivity index (χ3v) is 6.88. The summed E-state index contributed by atoms with van der Waals surface area (Å²) in [7, 11) is 3.36. The van der Waals surface area contributed by atoms with Crippen LogP contribution in [0.25, 0.3) is 0 Å². The van der Waals surface area contributed by atoms with Crippen LogP contribution in [0.1, 0.15) is 55.6 Å². The Morgan fingerprint density at radius 2 is 1.84 bits per heavy atom. The fraction of sp³-hybridized carbons (Fsp3) is 0.609. The molecule has 1 aliphatic carbocycles. The van der Waals surface area contributed by atoms with E-state index in [0.29, 0.717) is 6.04 Å². The Morgan fingerprint density at radius 3 is 2.52 bits per heavy atom. The summed E-state index contributed by atoms with van der Waals surface area (Å²) < 4.78 is 13.2. The van der Waals surface area contributed by atoms with Gasteiger partial charge in [0, 0.05) is 5.56 Å². The van der Waals surface area contributed by atoms with Gasteiger partial charge < -0.3 is 19.3 Å². The summed E-state index contributed by atoms with van der Waals surface area (Å²) in [6.07, 6.45) is 8.15. The van der Waals surface area contributed by atoms with Crippen molar-refractivity contribution >= 4 is 0 Å². The second-order valence-electron chi connectivity index (χ2n) is 8.72. The molecule has 0 amide bonds. The highest BCUT2D eigenvalue weighted by atomic mass is 16.5. The minimum absolute atomic E-state index is 0.0713. The maximum absolute atomic E-state index is 5.62. The van der Waals surface area contributed by atoms with E-state index < -0.39 is 0 Å². The van der Waals surface area contributed by atoms with E-state index in [9.17, 15) is 0 Å². The first-order chi connectivity index (χ1) is 15.2. The van der Waals surface area contributed by atoms with Crippen LogP contribution in [0.5, 0.6) is 11.5 Å². The molecular weight excluding hydrogens is 392 g/mol. The molecule has 2 N–H and O–H groups in total. The smallest absolute Gasteiger partial charge is 0.214 e. The van der Waals surface area contributed by atoms with Gasteiger partial charge in [0.1, 0.15) is 26.2 Å². The fourth-order valence-electron chi connectivity index (χ4n) is 5.20. The van der Waals surface area contributed by atoms with Crippen molar-refractivity contribution < 1.29 is 19.3 Å². The lowest BCUT2D eigenvalue weighted by Crippen LogP contribution is -3.28. The maximum atomic E-state index is 5.62. The van der Waals surface area contributed by atoms with Crippen molar-refractivity contribution in [2.75, 3.05) is 46.9 Å². The number of piperazine rings is 1. The lowest BCUT2D eigenvalue weighted by atomic mass is 9.95. The first kappa shape index (κ1) is 21.8. The van der Waals surface area contributed by atoms with Gasteiger partial charge in [-0.3, -0.25) is 0 Å². The molecule has 0 bridgehead atoms. The number of benzene rings is 1. The Labute approximate surface area is 184 Å². The molecule has 31 heavy (non-hydrogen) atoms. The van der Waals surface area contributed by atoms with Gasteiger partial charge in [0.25, 0.3) is 0 Å². The van der Waals surface area contributed by atoms with Crippen LogP contribution in [-0.4, -0.2) is 67.2 Å². The van der Waals surface area contributed by atoms with Gasteiger partial charge >= 0.3 is 0 Å². The van der Waals surface area contributed by atoms with E-state index in [0.717, 1.165) is 62.9 Å². The molecule has 8 heteroatoms. The lowest BCUT2D eigenvalue weighted by Gasteiger charge is -2.34. The average Bonchev–Trinajstić information content (AvgIpc) is 3.30. The normalized spacial score (nSPS) is 23.3. The second kappa shape index (κ2) is 10.2. The molecule has 1 saturated carbocycles. The molecule has 1 aromatic carbocycles. The van der Waals surface area contributed by atoms with Crippen molar-refractivity contribution in [3.05, 3.63) is 42.2 Å². The van der Waals surface area contributed by atoms with Crippen molar-refractivity contribution in [2.24, 2.45) is 0 Å². The standard InChI is InChI=1S/C23H34N6O2/c1-4-12-27-13-15-28(16-14-27)22(18-10-11-20(30-2)21(17-18)31-3)23-24-25-26-29(23)19-8-6-5-7-9-19/h4,10-11,17,19,22H,1,5-9,12-16H2,2-3H3/p+2/t22-/m1/s1. The van der Waals surface area contributed by atoms with Gasteiger partial charge in [0.15, 0.2) is 17.5 Å². The highest BCUT2D eigenvalue weighted by Gasteiger charge is 2.37. The largest absolute Gasteiger partial charge is 0.493 e. The van der Waals surface area contributed by atoms with Crippen molar-refractivity contribution in [1.82, 2.24) is 20.2 Å². The monoisotopic (exact) mass is 428 g/mol. The summed E-state index contributed by atoms with van der Waals surface area (Å²) >= 11 is 0. The van der Waals surface area contributed by atoms with Gasteiger partial charge in [-0.15, -0.1) is 5.10 Å². The third-order valence-electron chi connectivity index (χ3n) is 6.88. The van der Waals surface area contributed by atoms with E-state index in [-0.39, 0.29) is 6.04 Å². The number of tetrazole rings is 1. The zero-order valence-electron chi connectivity index (χ0n) is 18.8.